The third kappa shape index (κ3) is 4.63. The number of fused-ring (bicyclic) bond motifs is 3. The number of aliphatic hydroxyl groups is 2. The minimum Gasteiger partial charge on any atom is -0.497 e. The van der Waals surface area contributed by atoms with Crippen LogP contribution in [-0.4, -0.2) is 84.0 Å². The Labute approximate surface area is 222 Å². The van der Waals surface area contributed by atoms with Crippen LogP contribution in [0.2, 0.25) is 0 Å². The van der Waals surface area contributed by atoms with E-state index in [0.29, 0.717) is 17.3 Å². The first-order valence-electron chi connectivity index (χ1n) is 13.2. The summed E-state index contributed by atoms with van der Waals surface area (Å²) in [5.74, 6) is -0.163. The summed E-state index contributed by atoms with van der Waals surface area (Å²) in [7, 11) is 2.74. The van der Waals surface area contributed by atoms with E-state index in [4.69, 9.17) is 23.7 Å². The number of hydrogen-bond donors (Lipinski definition) is 2. The van der Waals surface area contributed by atoms with Crippen molar-refractivity contribution in [2.24, 2.45) is 0 Å². The summed E-state index contributed by atoms with van der Waals surface area (Å²) in [6.07, 6.45) is 3.18. The Morgan fingerprint density at radius 1 is 1.13 bits per heavy atom. The van der Waals surface area contributed by atoms with Gasteiger partial charge in [-0.15, -0.1) is 0 Å². The molecule has 10 heteroatoms. The maximum Gasteiger partial charge on any atom is 0.339 e. The number of methoxy groups -OCH3 is 2. The molecule has 4 atom stereocenters. The standard InChI is InChI=1S/C28H37NO9/c1-26(2,32)8-9-28(33,15-22(30)35-4)25(31)38-24-21(34-3)14-27-7-5-10-29(27)11-6-17-12-19-20(37-16-36-19)13-18(17)23(24)27/h12-14,23-24,32-33H,5-11,15-16H2,1-4H3/t23-,24-,27+,28?/m1/s1. The van der Waals surface area contributed by atoms with Gasteiger partial charge in [0.05, 0.1) is 37.7 Å². The van der Waals surface area contributed by atoms with Crippen LogP contribution in [0.4, 0.5) is 0 Å². The molecule has 1 aliphatic carbocycles. The first-order valence-corrected chi connectivity index (χ1v) is 13.2. The minimum absolute atomic E-state index is 0.0701. The second kappa shape index (κ2) is 9.73. The van der Waals surface area contributed by atoms with Gasteiger partial charge >= 0.3 is 11.9 Å². The van der Waals surface area contributed by atoms with E-state index in [0.717, 1.165) is 43.5 Å². The number of ether oxygens (including phenoxy) is 5. The van der Waals surface area contributed by atoms with Crippen LogP contribution in [0, 0.1) is 0 Å². The number of rotatable bonds is 8. The maximum atomic E-state index is 13.7. The Hall–Kier alpha value is -2.82. The molecule has 10 nitrogen and oxygen atoms in total. The molecule has 4 aliphatic rings. The molecular weight excluding hydrogens is 494 g/mol. The van der Waals surface area contributed by atoms with E-state index in [-0.39, 0.29) is 25.6 Å². The summed E-state index contributed by atoms with van der Waals surface area (Å²) < 4.78 is 28.0. The van der Waals surface area contributed by atoms with Crippen LogP contribution in [-0.2, 0) is 30.2 Å². The summed E-state index contributed by atoms with van der Waals surface area (Å²) in [5.41, 5.74) is -1.69. The molecule has 1 aromatic rings. The first-order chi connectivity index (χ1) is 18.0. The van der Waals surface area contributed by atoms with Gasteiger partial charge in [0.25, 0.3) is 0 Å². The van der Waals surface area contributed by atoms with E-state index in [1.54, 1.807) is 21.0 Å². The quantitative estimate of drug-likeness (QED) is 0.483. The van der Waals surface area contributed by atoms with Crippen molar-refractivity contribution in [3.63, 3.8) is 0 Å². The third-order valence-corrected chi connectivity index (χ3v) is 8.39. The Balaban J connectivity index is 1.53. The molecule has 0 radical (unpaired) electrons. The van der Waals surface area contributed by atoms with Gasteiger partial charge in [-0.1, -0.05) is 0 Å². The molecule has 5 rings (SSSR count). The van der Waals surface area contributed by atoms with Crippen molar-refractivity contribution in [2.45, 2.75) is 81.1 Å². The van der Waals surface area contributed by atoms with E-state index < -0.39 is 41.2 Å². The minimum atomic E-state index is -2.18. The van der Waals surface area contributed by atoms with Crippen LogP contribution >= 0.6 is 0 Å². The highest BCUT2D eigenvalue weighted by molar-refractivity contribution is 5.86. The molecule has 38 heavy (non-hydrogen) atoms. The molecule has 2 N–H and O–H groups in total. The zero-order chi connectivity index (χ0) is 27.3. The van der Waals surface area contributed by atoms with Crippen molar-refractivity contribution in [1.82, 2.24) is 4.90 Å². The number of carbonyl (C=O) groups excluding carboxylic acids is 2. The van der Waals surface area contributed by atoms with Gasteiger partial charge in [-0.25, -0.2) is 4.79 Å². The second-order valence-electron chi connectivity index (χ2n) is 11.4. The van der Waals surface area contributed by atoms with Gasteiger partial charge in [0.1, 0.15) is 5.76 Å². The zero-order valence-corrected chi connectivity index (χ0v) is 22.5. The fourth-order valence-corrected chi connectivity index (χ4v) is 6.41. The van der Waals surface area contributed by atoms with Crippen LogP contribution in [0.25, 0.3) is 0 Å². The summed E-state index contributed by atoms with van der Waals surface area (Å²) in [4.78, 5) is 28.3. The predicted octanol–water partition coefficient (Wildman–Crippen LogP) is 2.19. The largest absolute Gasteiger partial charge is 0.497 e. The van der Waals surface area contributed by atoms with E-state index in [2.05, 4.69) is 11.0 Å². The Kier molecular flexibility index (Phi) is 6.86. The number of esters is 2. The third-order valence-electron chi connectivity index (χ3n) is 8.39. The number of benzene rings is 1. The van der Waals surface area contributed by atoms with Crippen molar-refractivity contribution in [2.75, 3.05) is 34.1 Å². The topological polar surface area (TPSA) is 124 Å². The average molecular weight is 532 g/mol. The molecule has 1 fully saturated rings. The number of carbonyl (C=O) groups is 2. The average Bonchev–Trinajstić information content (AvgIpc) is 3.56. The number of nitrogens with zero attached hydrogens (tertiary/aromatic N) is 1. The van der Waals surface area contributed by atoms with Gasteiger partial charge in [-0.3, -0.25) is 9.69 Å². The van der Waals surface area contributed by atoms with Crippen molar-refractivity contribution in [3.8, 4) is 11.5 Å². The molecule has 1 spiro atoms. The normalized spacial score (nSPS) is 27.4. The molecule has 0 saturated carbocycles. The molecule has 0 amide bonds. The fraction of sp³-hybridized carbons (Fsp3) is 0.643. The molecule has 1 saturated heterocycles. The van der Waals surface area contributed by atoms with Gasteiger partial charge in [-0.2, -0.15) is 0 Å². The highest BCUT2D eigenvalue weighted by Crippen LogP contribution is 2.55. The second-order valence-corrected chi connectivity index (χ2v) is 11.4. The smallest absolute Gasteiger partial charge is 0.339 e. The lowest BCUT2D eigenvalue weighted by Crippen LogP contribution is -2.49. The molecule has 1 aromatic carbocycles. The molecule has 1 unspecified atom stereocenters. The van der Waals surface area contributed by atoms with Crippen LogP contribution in [0.3, 0.4) is 0 Å². The van der Waals surface area contributed by atoms with Gasteiger partial charge in [0.15, 0.2) is 23.2 Å². The van der Waals surface area contributed by atoms with Crippen molar-refractivity contribution in [1.29, 1.82) is 0 Å². The predicted molar refractivity (Wildman–Crippen MR) is 135 cm³/mol. The zero-order valence-electron chi connectivity index (χ0n) is 22.5. The highest BCUT2D eigenvalue weighted by atomic mass is 16.7. The van der Waals surface area contributed by atoms with Gasteiger partial charge in [-0.05, 0) is 81.8 Å². The molecule has 0 bridgehead atoms. The van der Waals surface area contributed by atoms with Crippen molar-refractivity contribution < 1.29 is 43.5 Å². The molecule has 3 aliphatic heterocycles. The van der Waals surface area contributed by atoms with Crippen LogP contribution in [0.15, 0.2) is 24.0 Å². The highest BCUT2D eigenvalue weighted by Gasteiger charge is 2.59. The first kappa shape index (κ1) is 26.8. The lowest BCUT2D eigenvalue weighted by atomic mass is 9.77. The molecule has 0 aromatic heterocycles. The van der Waals surface area contributed by atoms with Crippen LogP contribution in [0.1, 0.15) is 63.0 Å². The van der Waals surface area contributed by atoms with Crippen LogP contribution < -0.4 is 9.47 Å². The van der Waals surface area contributed by atoms with Gasteiger partial charge in [0.2, 0.25) is 6.79 Å². The Morgan fingerprint density at radius 2 is 1.87 bits per heavy atom. The monoisotopic (exact) mass is 531 g/mol. The lowest BCUT2D eigenvalue weighted by molar-refractivity contribution is -0.179. The maximum absolute atomic E-state index is 13.7. The van der Waals surface area contributed by atoms with E-state index in [9.17, 15) is 19.8 Å². The summed E-state index contributed by atoms with van der Waals surface area (Å²) >= 11 is 0. The molecular formula is C28H37NO9. The van der Waals surface area contributed by atoms with E-state index in [1.165, 1.54) is 7.11 Å². The number of hydrogen-bond acceptors (Lipinski definition) is 10. The Bertz CT molecular complexity index is 1140. The van der Waals surface area contributed by atoms with Gasteiger partial charge in [0, 0.05) is 6.54 Å². The van der Waals surface area contributed by atoms with Crippen molar-refractivity contribution in [3.05, 3.63) is 35.1 Å². The van der Waals surface area contributed by atoms with Gasteiger partial charge < -0.3 is 33.9 Å². The fourth-order valence-electron chi connectivity index (χ4n) is 6.41. The molecule has 208 valence electrons. The molecule has 3 heterocycles. The van der Waals surface area contributed by atoms with Crippen LogP contribution in [0.5, 0.6) is 11.5 Å². The summed E-state index contributed by atoms with van der Waals surface area (Å²) in [6, 6.07) is 3.99. The Morgan fingerprint density at radius 3 is 2.55 bits per heavy atom. The van der Waals surface area contributed by atoms with E-state index in [1.807, 2.05) is 12.1 Å². The van der Waals surface area contributed by atoms with Crippen molar-refractivity contribution >= 4 is 11.9 Å². The summed E-state index contributed by atoms with van der Waals surface area (Å²) in [6.45, 7) is 5.04. The lowest BCUT2D eigenvalue weighted by Gasteiger charge is -2.39. The van der Waals surface area contributed by atoms with E-state index >= 15 is 0 Å². The summed E-state index contributed by atoms with van der Waals surface area (Å²) in [5, 5.41) is 21.7. The SMILES string of the molecule is COC(=O)CC(O)(CCC(C)(C)O)C(=O)O[C@@H]1C(OC)=C[C@]23CCCN2CCc2cc4c(cc2[C@H]13)OCO4.